The van der Waals surface area contributed by atoms with Crippen LogP contribution in [0.25, 0.3) is 0 Å². The molecule has 4 rings (SSSR count). The van der Waals surface area contributed by atoms with Gasteiger partial charge in [-0.1, -0.05) is 41.4 Å². The van der Waals surface area contributed by atoms with E-state index in [0.29, 0.717) is 0 Å². The van der Waals surface area contributed by atoms with Gasteiger partial charge in [0.2, 0.25) is 0 Å². The van der Waals surface area contributed by atoms with Gasteiger partial charge < -0.3 is 4.57 Å². The Kier molecular flexibility index (Phi) is 5.78. The van der Waals surface area contributed by atoms with Gasteiger partial charge in [-0.2, -0.15) is 5.06 Å². The first-order chi connectivity index (χ1) is 13.5. The Hall–Kier alpha value is -1.79. The number of rotatable bonds is 6. The smallest absolute Gasteiger partial charge is 0.0946 e. The van der Waals surface area contributed by atoms with Gasteiger partial charge in [0.1, 0.15) is 0 Å². The minimum atomic E-state index is -0.260. The van der Waals surface area contributed by atoms with Gasteiger partial charge in [-0.3, -0.25) is 4.84 Å². The molecule has 0 radical (unpaired) electrons. The minimum Gasteiger partial charge on any atom is -0.335 e. The maximum absolute atomic E-state index is 6.30. The zero-order chi connectivity index (χ0) is 19.6. The number of halogens is 1. The first-order valence-electron chi connectivity index (χ1n) is 9.37. The molecular formula is C22H24ClN3OS. The van der Waals surface area contributed by atoms with E-state index in [1.807, 2.05) is 54.7 Å². The molecule has 1 aliphatic heterocycles. The number of nitrogens with zero attached hydrogens (tertiary/aromatic N) is 3. The Balaban J connectivity index is 1.55. The molecule has 3 aromatic rings. The Morgan fingerprint density at radius 3 is 2.61 bits per heavy atom. The summed E-state index contributed by atoms with van der Waals surface area (Å²) in [6, 6.07) is 16.8. The third kappa shape index (κ3) is 4.13. The summed E-state index contributed by atoms with van der Waals surface area (Å²) in [5, 5.41) is 2.77. The fraction of sp³-hybridized carbons (Fsp3) is 0.318. The maximum Gasteiger partial charge on any atom is 0.0946 e. The molecule has 0 N–H and O–H groups in total. The molecule has 1 saturated heterocycles. The summed E-state index contributed by atoms with van der Waals surface area (Å²) in [5.41, 5.74) is 2.23. The number of hydroxylamine groups is 2. The second-order valence-corrected chi connectivity index (χ2v) is 8.86. The predicted octanol–water partition coefficient (Wildman–Crippen LogP) is 5.17. The minimum absolute atomic E-state index is 0.135. The molecule has 4 nitrogen and oxygen atoms in total. The van der Waals surface area contributed by atoms with Gasteiger partial charge in [0, 0.05) is 48.1 Å². The van der Waals surface area contributed by atoms with E-state index in [-0.39, 0.29) is 11.6 Å². The van der Waals surface area contributed by atoms with E-state index in [1.54, 1.807) is 0 Å². The summed E-state index contributed by atoms with van der Waals surface area (Å²) in [6.07, 6.45) is 6.72. The molecule has 0 spiro atoms. The largest absolute Gasteiger partial charge is 0.335 e. The second kappa shape index (κ2) is 8.29. The van der Waals surface area contributed by atoms with Gasteiger partial charge in [-0.15, -0.1) is 11.8 Å². The van der Waals surface area contributed by atoms with Crippen LogP contribution in [0, 0.1) is 6.92 Å². The quantitative estimate of drug-likeness (QED) is 0.521. The second-order valence-electron chi connectivity index (χ2n) is 7.33. The highest BCUT2D eigenvalue weighted by Gasteiger charge is 2.46. The lowest BCUT2D eigenvalue weighted by molar-refractivity contribution is -0.170. The topological polar surface area (TPSA) is 30.3 Å². The molecule has 1 aromatic heterocycles. The van der Waals surface area contributed by atoms with Crippen LogP contribution in [0.15, 0.2) is 72.1 Å². The summed E-state index contributed by atoms with van der Waals surface area (Å²) >= 11 is 7.98. The van der Waals surface area contributed by atoms with Crippen LogP contribution < -0.4 is 0 Å². The van der Waals surface area contributed by atoms with Crippen molar-refractivity contribution in [1.29, 1.82) is 0 Å². The zero-order valence-electron chi connectivity index (χ0n) is 16.1. The molecular weight excluding hydrogens is 390 g/mol. The number of aryl methyl sites for hydroxylation is 1. The molecule has 0 aliphatic carbocycles. The predicted molar refractivity (Wildman–Crippen MR) is 115 cm³/mol. The van der Waals surface area contributed by atoms with Crippen LogP contribution in [0.1, 0.15) is 17.5 Å². The Morgan fingerprint density at radius 2 is 1.93 bits per heavy atom. The Labute approximate surface area is 175 Å². The fourth-order valence-electron chi connectivity index (χ4n) is 3.78. The van der Waals surface area contributed by atoms with Gasteiger partial charge >= 0.3 is 0 Å². The number of imidazole rings is 1. The van der Waals surface area contributed by atoms with Gasteiger partial charge in [-0.25, -0.2) is 4.98 Å². The lowest BCUT2D eigenvalue weighted by atomic mass is 9.85. The summed E-state index contributed by atoms with van der Waals surface area (Å²) in [5.74, 6) is 0.909. The van der Waals surface area contributed by atoms with E-state index >= 15 is 0 Å². The molecule has 0 amide bonds. The summed E-state index contributed by atoms with van der Waals surface area (Å²) < 4.78 is 2.12. The first-order valence-corrected chi connectivity index (χ1v) is 10.7. The number of hydrogen-bond acceptors (Lipinski definition) is 4. The molecule has 6 heteroatoms. The maximum atomic E-state index is 6.30. The average Bonchev–Trinajstić information content (AvgIpc) is 3.31. The number of hydrogen-bond donors (Lipinski definition) is 0. The molecule has 1 fully saturated rings. The van der Waals surface area contributed by atoms with Gasteiger partial charge in [0.25, 0.3) is 0 Å². The van der Waals surface area contributed by atoms with Gasteiger partial charge in [0.15, 0.2) is 0 Å². The van der Waals surface area contributed by atoms with E-state index in [4.69, 9.17) is 16.4 Å². The fourth-order valence-corrected chi connectivity index (χ4v) is 4.79. The number of aromatic nitrogens is 2. The molecule has 2 aromatic carbocycles. The van der Waals surface area contributed by atoms with Crippen LogP contribution in [-0.4, -0.2) is 33.5 Å². The Morgan fingerprint density at radius 1 is 1.18 bits per heavy atom. The lowest BCUT2D eigenvalue weighted by Gasteiger charge is -2.35. The number of thioether (sulfide) groups is 1. The third-order valence-corrected chi connectivity index (χ3v) is 6.71. The molecule has 2 unspecified atom stereocenters. The molecule has 0 saturated carbocycles. The molecule has 2 heterocycles. The van der Waals surface area contributed by atoms with Crippen LogP contribution in [0.5, 0.6) is 0 Å². The summed E-state index contributed by atoms with van der Waals surface area (Å²) in [6.45, 7) is 2.89. The van der Waals surface area contributed by atoms with Crippen molar-refractivity contribution in [3.8, 4) is 0 Å². The van der Waals surface area contributed by atoms with Crippen molar-refractivity contribution in [2.75, 3.05) is 12.8 Å². The van der Waals surface area contributed by atoms with Crippen molar-refractivity contribution in [3.63, 3.8) is 0 Å². The normalized spacial score (nSPS) is 22.6. The van der Waals surface area contributed by atoms with Crippen LogP contribution in [0.4, 0.5) is 0 Å². The first kappa shape index (κ1) is 19.5. The van der Waals surface area contributed by atoms with Gasteiger partial charge in [-0.05, 0) is 36.8 Å². The average molecular weight is 414 g/mol. The summed E-state index contributed by atoms with van der Waals surface area (Å²) in [7, 11) is 2.03. The van der Waals surface area contributed by atoms with Crippen molar-refractivity contribution >= 4 is 23.4 Å². The van der Waals surface area contributed by atoms with Crippen molar-refractivity contribution < 1.29 is 4.84 Å². The van der Waals surface area contributed by atoms with Gasteiger partial charge in [0.05, 0.1) is 18.0 Å². The van der Waals surface area contributed by atoms with E-state index in [1.165, 1.54) is 16.0 Å². The van der Waals surface area contributed by atoms with Crippen molar-refractivity contribution in [1.82, 2.24) is 14.6 Å². The summed E-state index contributed by atoms with van der Waals surface area (Å²) in [4.78, 5) is 11.8. The van der Waals surface area contributed by atoms with Crippen molar-refractivity contribution in [2.45, 2.75) is 36.4 Å². The van der Waals surface area contributed by atoms with E-state index in [0.717, 1.165) is 23.7 Å². The number of benzene rings is 2. The molecule has 2 atom stereocenters. The third-order valence-electron chi connectivity index (χ3n) is 5.32. The highest BCUT2D eigenvalue weighted by atomic mass is 35.5. The lowest BCUT2D eigenvalue weighted by Crippen LogP contribution is -2.41. The molecule has 146 valence electrons. The standard InChI is InChI=1S/C22H24ClN3OS/c1-17-3-9-21(10-4-17)28-14-20-13-22(25(2)27-20,15-26-12-11-24-16-26)18-5-7-19(23)8-6-18/h3-12,16,20H,13-15H2,1-2H3. The SMILES string of the molecule is Cc1ccc(SCC2CC(Cn3ccnc3)(c3ccc(Cl)cc3)N(C)O2)cc1. The van der Waals surface area contributed by atoms with E-state index in [2.05, 4.69) is 52.9 Å². The van der Waals surface area contributed by atoms with Crippen LogP contribution in [0.2, 0.25) is 5.02 Å². The molecule has 0 bridgehead atoms. The van der Waals surface area contributed by atoms with Crippen LogP contribution >= 0.6 is 23.4 Å². The van der Waals surface area contributed by atoms with Crippen molar-refractivity contribution in [3.05, 3.63) is 83.4 Å². The highest BCUT2D eigenvalue weighted by Crippen LogP contribution is 2.42. The number of likely N-dealkylation sites (N-methyl/N-ethyl adjacent to an activating group) is 1. The van der Waals surface area contributed by atoms with Crippen molar-refractivity contribution in [2.24, 2.45) is 0 Å². The Bertz CT molecular complexity index is 899. The van der Waals surface area contributed by atoms with Crippen LogP contribution in [0.3, 0.4) is 0 Å². The van der Waals surface area contributed by atoms with Crippen LogP contribution in [-0.2, 0) is 16.9 Å². The highest BCUT2D eigenvalue weighted by molar-refractivity contribution is 7.99. The molecule has 28 heavy (non-hydrogen) atoms. The van der Waals surface area contributed by atoms with E-state index in [9.17, 15) is 0 Å². The monoisotopic (exact) mass is 413 g/mol. The molecule has 1 aliphatic rings. The zero-order valence-corrected chi connectivity index (χ0v) is 17.7. The van der Waals surface area contributed by atoms with E-state index < -0.39 is 0 Å².